The predicted octanol–water partition coefficient (Wildman–Crippen LogP) is 1.44. The highest BCUT2D eigenvalue weighted by Gasteiger charge is 2.27. The second-order valence-corrected chi connectivity index (χ2v) is 6.86. The van der Waals surface area contributed by atoms with Crippen molar-refractivity contribution in [2.45, 2.75) is 45.5 Å². The maximum Gasteiger partial charge on any atom is 0.126 e. The molecule has 0 fully saturated rings. The van der Waals surface area contributed by atoms with Crippen molar-refractivity contribution >= 4 is 0 Å². The number of hydrogen-bond donors (Lipinski definition) is 6. The van der Waals surface area contributed by atoms with E-state index in [9.17, 15) is 30.6 Å². The van der Waals surface area contributed by atoms with Gasteiger partial charge in [0.1, 0.15) is 11.5 Å². The standard InChI is InChI=1S/C20H26O6/c1-20(2,17-7-14(10-23)19(26)15(8-17)11-24)16-5-12(3-4-21)18(25)13(6-16)9-22/h5-8,21-26H,3-4,9-11H2,1-2H3. The first kappa shape index (κ1) is 20.2. The van der Waals surface area contributed by atoms with Crippen molar-refractivity contribution in [3.8, 4) is 11.5 Å². The van der Waals surface area contributed by atoms with Crippen molar-refractivity contribution in [1.82, 2.24) is 0 Å². The summed E-state index contributed by atoms with van der Waals surface area (Å²) in [6.45, 7) is 2.65. The van der Waals surface area contributed by atoms with Crippen molar-refractivity contribution in [3.63, 3.8) is 0 Å². The summed E-state index contributed by atoms with van der Waals surface area (Å²) in [5.41, 5.74) is 2.47. The lowest BCUT2D eigenvalue weighted by atomic mass is 9.75. The average Bonchev–Trinajstić information content (AvgIpc) is 2.63. The molecule has 2 aromatic rings. The Balaban J connectivity index is 2.65. The Hall–Kier alpha value is -2.12. The second-order valence-electron chi connectivity index (χ2n) is 6.86. The molecule has 0 bridgehead atoms. The van der Waals surface area contributed by atoms with Gasteiger partial charge in [0.25, 0.3) is 0 Å². The molecule has 142 valence electrons. The van der Waals surface area contributed by atoms with Gasteiger partial charge in [-0.3, -0.25) is 0 Å². The van der Waals surface area contributed by atoms with Crippen molar-refractivity contribution in [2.75, 3.05) is 6.61 Å². The van der Waals surface area contributed by atoms with E-state index in [0.717, 1.165) is 11.1 Å². The summed E-state index contributed by atoms with van der Waals surface area (Å²) in [4.78, 5) is 0. The SMILES string of the molecule is CC(C)(c1cc(CO)c(O)c(CO)c1)c1cc(CO)c(O)c(CCO)c1. The van der Waals surface area contributed by atoms with Crippen LogP contribution in [0.4, 0.5) is 0 Å². The van der Waals surface area contributed by atoms with Crippen LogP contribution in [0.3, 0.4) is 0 Å². The number of aromatic hydroxyl groups is 2. The van der Waals surface area contributed by atoms with Crippen LogP contribution in [0.1, 0.15) is 47.2 Å². The zero-order valence-corrected chi connectivity index (χ0v) is 15.0. The van der Waals surface area contributed by atoms with Crippen molar-refractivity contribution in [2.24, 2.45) is 0 Å². The highest BCUT2D eigenvalue weighted by atomic mass is 16.3. The minimum atomic E-state index is -0.608. The number of hydrogen-bond acceptors (Lipinski definition) is 6. The highest BCUT2D eigenvalue weighted by Crippen LogP contribution is 2.38. The summed E-state index contributed by atoms with van der Waals surface area (Å²) in [5, 5.41) is 58.1. The number of aliphatic hydroxyl groups excluding tert-OH is 4. The average molecular weight is 362 g/mol. The van der Waals surface area contributed by atoms with Gasteiger partial charge < -0.3 is 30.6 Å². The molecule has 0 heterocycles. The summed E-state index contributed by atoms with van der Waals surface area (Å²) >= 11 is 0. The topological polar surface area (TPSA) is 121 Å². The van der Waals surface area contributed by atoms with Gasteiger partial charge in [-0.2, -0.15) is 0 Å². The van der Waals surface area contributed by atoms with Gasteiger partial charge in [-0.25, -0.2) is 0 Å². The first-order valence-corrected chi connectivity index (χ1v) is 8.44. The molecule has 6 heteroatoms. The second kappa shape index (κ2) is 8.05. The van der Waals surface area contributed by atoms with Crippen LogP contribution in [-0.4, -0.2) is 37.2 Å². The molecule has 0 amide bonds. The molecule has 26 heavy (non-hydrogen) atoms. The van der Waals surface area contributed by atoms with Crippen LogP contribution >= 0.6 is 0 Å². The molecule has 0 saturated heterocycles. The van der Waals surface area contributed by atoms with Gasteiger partial charge in [0.15, 0.2) is 0 Å². The monoisotopic (exact) mass is 362 g/mol. The number of rotatable bonds is 7. The number of aliphatic hydroxyl groups is 4. The largest absolute Gasteiger partial charge is 0.507 e. The Morgan fingerprint density at radius 1 is 0.654 bits per heavy atom. The zero-order valence-electron chi connectivity index (χ0n) is 15.0. The smallest absolute Gasteiger partial charge is 0.126 e. The lowest BCUT2D eigenvalue weighted by molar-refractivity contribution is 0.263. The Kier molecular flexibility index (Phi) is 6.26. The summed E-state index contributed by atoms with van der Waals surface area (Å²) in [6.07, 6.45) is 0.252. The Morgan fingerprint density at radius 3 is 1.35 bits per heavy atom. The fraction of sp³-hybridized carbons (Fsp3) is 0.400. The van der Waals surface area contributed by atoms with Crippen LogP contribution in [0.2, 0.25) is 0 Å². The van der Waals surface area contributed by atoms with E-state index in [2.05, 4.69) is 0 Å². The molecule has 0 unspecified atom stereocenters. The number of phenols is 2. The van der Waals surface area contributed by atoms with Crippen molar-refractivity contribution < 1.29 is 30.6 Å². The Labute approximate surface area is 152 Å². The van der Waals surface area contributed by atoms with Crippen LogP contribution in [0, 0.1) is 0 Å². The molecule has 6 nitrogen and oxygen atoms in total. The van der Waals surface area contributed by atoms with Crippen molar-refractivity contribution in [3.05, 3.63) is 57.6 Å². The zero-order chi connectivity index (χ0) is 19.5. The summed E-state index contributed by atoms with van der Waals surface area (Å²) in [6, 6.07) is 6.81. The molecule has 0 spiro atoms. The van der Waals surface area contributed by atoms with E-state index < -0.39 is 5.41 Å². The fourth-order valence-electron chi connectivity index (χ4n) is 3.08. The maximum absolute atomic E-state index is 10.2. The molecule has 0 aliphatic rings. The molecule has 0 saturated carbocycles. The molecule has 6 N–H and O–H groups in total. The van der Waals surface area contributed by atoms with E-state index >= 15 is 0 Å². The molecule has 0 aromatic heterocycles. The van der Waals surface area contributed by atoms with E-state index in [1.165, 1.54) is 0 Å². The first-order valence-electron chi connectivity index (χ1n) is 8.44. The van der Waals surface area contributed by atoms with E-state index in [-0.39, 0.29) is 44.3 Å². The molecule has 0 aliphatic heterocycles. The fourth-order valence-corrected chi connectivity index (χ4v) is 3.08. The molecule has 0 aliphatic carbocycles. The van der Waals surface area contributed by atoms with E-state index in [4.69, 9.17) is 0 Å². The van der Waals surface area contributed by atoms with Gasteiger partial charge in [0, 0.05) is 28.7 Å². The first-order chi connectivity index (χ1) is 12.3. The maximum atomic E-state index is 10.2. The normalized spacial score (nSPS) is 11.8. The lowest BCUT2D eigenvalue weighted by Gasteiger charge is -2.29. The van der Waals surface area contributed by atoms with Crippen LogP contribution in [0.5, 0.6) is 11.5 Å². The molecule has 0 atom stereocenters. The Bertz CT molecular complexity index is 757. The number of benzene rings is 2. The molecule has 0 radical (unpaired) electrons. The van der Waals surface area contributed by atoms with Gasteiger partial charge in [0.05, 0.1) is 19.8 Å². The third-order valence-electron chi connectivity index (χ3n) is 4.87. The quantitative estimate of drug-likeness (QED) is 0.443. The van der Waals surface area contributed by atoms with Crippen LogP contribution < -0.4 is 0 Å². The van der Waals surface area contributed by atoms with Gasteiger partial charge in [-0.05, 0) is 41.3 Å². The predicted molar refractivity (Wildman–Crippen MR) is 96.9 cm³/mol. The highest BCUT2D eigenvalue weighted by molar-refractivity contribution is 5.52. The minimum Gasteiger partial charge on any atom is -0.507 e. The van der Waals surface area contributed by atoms with Crippen LogP contribution in [-0.2, 0) is 31.7 Å². The summed E-state index contributed by atoms with van der Waals surface area (Å²) in [7, 11) is 0. The summed E-state index contributed by atoms with van der Waals surface area (Å²) in [5.74, 6) is -0.156. The van der Waals surface area contributed by atoms with Gasteiger partial charge >= 0.3 is 0 Å². The Morgan fingerprint density at radius 2 is 1.00 bits per heavy atom. The van der Waals surface area contributed by atoms with Crippen LogP contribution in [0.15, 0.2) is 24.3 Å². The van der Waals surface area contributed by atoms with Crippen LogP contribution in [0.25, 0.3) is 0 Å². The molecular weight excluding hydrogens is 336 g/mol. The van der Waals surface area contributed by atoms with E-state index in [1.807, 2.05) is 13.8 Å². The minimum absolute atomic E-state index is 0.0288. The third kappa shape index (κ3) is 3.68. The molecule has 2 aromatic carbocycles. The van der Waals surface area contributed by atoms with E-state index in [0.29, 0.717) is 22.3 Å². The molecule has 2 rings (SSSR count). The van der Waals surface area contributed by atoms with E-state index in [1.54, 1.807) is 24.3 Å². The van der Waals surface area contributed by atoms with Gasteiger partial charge in [-0.1, -0.05) is 19.9 Å². The lowest BCUT2D eigenvalue weighted by Crippen LogP contribution is -2.21. The van der Waals surface area contributed by atoms with Gasteiger partial charge in [0.2, 0.25) is 0 Å². The summed E-state index contributed by atoms with van der Waals surface area (Å²) < 4.78 is 0. The third-order valence-corrected chi connectivity index (χ3v) is 4.87. The molecular formula is C20H26O6. The van der Waals surface area contributed by atoms with Gasteiger partial charge in [-0.15, -0.1) is 0 Å². The van der Waals surface area contributed by atoms with Crippen molar-refractivity contribution in [1.29, 1.82) is 0 Å².